The highest BCUT2D eigenvalue weighted by molar-refractivity contribution is 5.98. The van der Waals surface area contributed by atoms with Crippen molar-refractivity contribution in [3.05, 3.63) is 12.7 Å². The molecule has 3 saturated heterocycles. The van der Waals surface area contributed by atoms with Crippen LogP contribution >= 0.6 is 0 Å². The van der Waals surface area contributed by atoms with Crippen molar-refractivity contribution in [3.63, 3.8) is 0 Å². The molecule has 3 aliphatic heterocycles. The Kier molecular flexibility index (Phi) is 7.02. The Balaban J connectivity index is 2.19. The van der Waals surface area contributed by atoms with Gasteiger partial charge in [-0.25, -0.2) is 0 Å². The van der Waals surface area contributed by atoms with Crippen LogP contribution in [-0.4, -0.2) is 80.3 Å². The van der Waals surface area contributed by atoms with Gasteiger partial charge in [0.15, 0.2) is 0 Å². The van der Waals surface area contributed by atoms with Crippen molar-refractivity contribution in [2.24, 2.45) is 23.7 Å². The van der Waals surface area contributed by atoms with Crippen molar-refractivity contribution < 1.29 is 29.3 Å². The van der Waals surface area contributed by atoms with E-state index < -0.39 is 47.0 Å². The van der Waals surface area contributed by atoms with E-state index in [2.05, 4.69) is 13.5 Å². The summed E-state index contributed by atoms with van der Waals surface area (Å²) >= 11 is 0. The molecule has 4 unspecified atom stereocenters. The number of hydrogen-bond acceptors (Lipinski definition) is 5. The fraction of sp³-hybridized carbons (Fsp3) is 0.800. The van der Waals surface area contributed by atoms with E-state index in [1.54, 1.807) is 17.9 Å². The van der Waals surface area contributed by atoms with Crippen LogP contribution in [0.15, 0.2) is 12.7 Å². The Morgan fingerprint density at radius 2 is 2.00 bits per heavy atom. The average Bonchev–Trinajstić information content (AvgIpc) is 3.24. The summed E-state index contributed by atoms with van der Waals surface area (Å²) in [4.78, 5) is 43.8. The predicted molar refractivity (Wildman–Crippen MR) is 123 cm³/mol. The van der Waals surface area contributed by atoms with Crippen LogP contribution < -0.4 is 0 Å². The van der Waals surface area contributed by atoms with Crippen LogP contribution in [0.25, 0.3) is 0 Å². The zero-order valence-corrected chi connectivity index (χ0v) is 20.8. The Hall–Kier alpha value is -1.93. The highest BCUT2D eigenvalue weighted by atomic mass is 16.5. The number of nitrogens with zero attached hydrogens (tertiary/aromatic N) is 2. The summed E-state index contributed by atoms with van der Waals surface area (Å²) in [6.45, 7) is 15.3. The minimum absolute atomic E-state index is 0.0820. The summed E-state index contributed by atoms with van der Waals surface area (Å²) in [5, 5.41) is 20.4. The topological polar surface area (TPSA) is 107 Å². The second kappa shape index (κ2) is 9.02. The molecular formula is C25H40N2O6. The molecule has 2 bridgehead atoms. The molecule has 3 aliphatic rings. The lowest BCUT2D eigenvalue weighted by molar-refractivity contribution is -0.161. The SMILES string of the molecule is C=CCN(C(=O)C1N([C@@H](CO)C(C)C)C(=O)[C@@H]2[C@H](C(=O)O)[C@@]3(C)OC12CC3C)C(C)CCC. The molecule has 0 saturated carbocycles. The number of hydrogen-bond donors (Lipinski definition) is 2. The average molecular weight is 465 g/mol. The first-order valence-corrected chi connectivity index (χ1v) is 12.2. The molecule has 0 aromatic heterocycles. The fourth-order valence-electron chi connectivity index (χ4n) is 6.67. The molecule has 8 atom stereocenters. The molecule has 8 nitrogen and oxygen atoms in total. The van der Waals surface area contributed by atoms with Gasteiger partial charge in [0, 0.05) is 12.6 Å². The highest BCUT2D eigenvalue weighted by Gasteiger charge is 2.80. The fourth-order valence-corrected chi connectivity index (χ4v) is 6.67. The molecule has 8 heteroatoms. The summed E-state index contributed by atoms with van der Waals surface area (Å²) < 4.78 is 6.54. The number of ether oxygens (including phenoxy) is 1. The van der Waals surface area contributed by atoms with Gasteiger partial charge in [-0.2, -0.15) is 0 Å². The van der Waals surface area contributed by atoms with Gasteiger partial charge in [0.2, 0.25) is 11.8 Å². The van der Waals surface area contributed by atoms with Crippen LogP contribution in [0.2, 0.25) is 0 Å². The monoisotopic (exact) mass is 464 g/mol. The number of fused-ring (bicyclic) bond motifs is 1. The summed E-state index contributed by atoms with van der Waals surface area (Å²) in [5.41, 5.74) is -2.25. The van der Waals surface area contributed by atoms with E-state index >= 15 is 0 Å². The molecule has 0 aliphatic carbocycles. The van der Waals surface area contributed by atoms with Crippen LogP contribution in [0.4, 0.5) is 0 Å². The Labute approximate surface area is 196 Å². The molecule has 3 fully saturated rings. The van der Waals surface area contributed by atoms with Gasteiger partial charge in [-0.1, -0.05) is 40.2 Å². The number of carboxylic acids is 1. The maximum Gasteiger partial charge on any atom is 0.310 e. The Morgan fingerprint density at radius 3 is 2.48 bits per heavy atom. The molecule has 0 aromatic rings. The van der Waals surface area contributed by atoms with Gasteiger partial charge in [-0.05, 0) is 38.5 Å². The maximum absolute atomic E-state index is 14.2. The third kappa shape index (κ3) is 3.60. The second-order valence-corrected chi connectivity index (χ2v) is 10.7. The van der Waals surface area contributed by atoms with E-state index in [0.29, 0.717) is 13.0 Å². The highest BCUT2D eigenvalue weighted by Crippen LogP contribution is 2.65. The number of aliphatic hydroxyl groups excluding tert-OH is 1. The van der Waals surface area contributed by atoms with E-state index in [0.717, 1.165) is 12.8 Å². The van der Waals surface area contributed by atoms with Gasteiger partial charge in [-0.3, -0.25) is 14.4 Å². The van der Waals surface area contributed by atoms with E-state index in [-0.39, 0.29) is 30.4 Å². The summed E-state index contributed by atoms with van der Waals surface area (Å²) in [6, 6.07) is -1.68. The van der Waals surface area contributed by atoms with Crippen molar-refractivity contribution in [2.75, 3.05) is 13.2 Å². The lowest BCUT2D eigenvalue weighted by Gasteiger charge is -2.42. The zero-order valence-electron chi connectivity index (χ0n) is 20.8. The van der Waals surface area contributed by atoms with Crippen LogP contribution in [0.1, 0.15) is 60.8 Å². The number of carbonyl (C=O) groups excluding carboxylic acids is 2. The summed E-state index contributed by atoms with van der Waals surface area (Å²) in [6.07, 6.45) is 3.78. The third-order valence-corrected chi connectivity index (χ3v) is 8.41. The molecule has 2 amide bonds. The maximum atomic E-state index is 14.2. The largest absolute Gasteiger partial charge is 0.481 e. The normalized spacial score (nSPS) is 36.7. The van der Waals surface area contributed by atoms with Gasteiger partial charge in [-0.15, -0.1) is 6.58 Å². The van der Waals surface area contributed by atoms with Crippen molar-refractivity contribution in [1.29, 1.82) is 0 Å². The first kappa shape index (κ1) is 25.7. The number of rotatable bonds is 10. The number of carboxylic acid groups (broad SMARTS) is 1. The molecule has 3 rings (SSSR count). The first-order chi connectivity index (χ1) is 15.4. The van der Waals surface area contributed by atoms with Crippen LogP contribution in [0.5, 0.6) is 0 Å². The van der Waals surface area contributed by atoms with E-state index in [1.807, 2.05) is 27.7 Å². The molecule has 2 N–H and O–H groups in total. The van der Waals surface area contributed by atoms with Gasteiger partial charge >= 0.3 is 5.97 Å². The molecule has 3 heterocycles. The molecular weight excluding hydrogens is 424 g/mol. The number of amides is 2. The number of aliphatic hydroxyl groups is 1. The quantitative estimate of drug-likeness (QED) is 0.481. The first-order valence-electron chi connectivity index (χ1n) is 12.2. The van der Waals surface area contributed by atoms with Crippen LogP contribution in [0, 0.1) is 23.7 Å². The molecule has 186 valence electrons. The Bertz CT molecular complexity index is 815. The van der Waals surface area contributed by atoms with Gasteiger partial charge in [0.25, 0.3) is 0 Å². The van der Waals surface area contributed by atoms with Crippen molar-refractivity contribution in [3.8, 4) is 0 Å². The second-order valence-electron chi connectivity index (χ2n) is 10.7. The lowest BCUT2D eigenvalue weighted by Crippen LogP contribution is -2.60. The van der Waals surface area contributed by atoms with Crippen molar-refractivity contribution in [2.45, 2.75) is 90.1 Å². The van der Waals surface area contributed by atoms with Crippen LogP contribution in [-0.2, 0) is 19.1 Å². The minimum Gasteiger partial charge on any atom is -0.481 e. The zero-order chi connectivity index (χ0) is 24.9. The van der Waals surface area contributed by atoms with E-state index in [9.17, 15) is 24.6 Å². The van der Waals surface area contributed by atoms with Crippen LogP contribution in [0.3, 0.4) is 0 Å². The van der Waals surface area contributed by atoms with E-state index in [1.165, 1.54) is 4.90 Å². The van der Waals surface area contributed by atoms with Gasteiger partial charge in [0.1, 0.15) is 17.6 Å². The summed E-state index contributed by atoms with van der Waals surface area (Å²) in [7, 11) is 0. The van der Waals surface area contributed by atoms with Gasteiger partial charge in [0.05, 0.1) is 24.2 Å². The summed E-state index contributed by atoms with van der Waals surface area (Å²) in [5.74, 6) is -3.99. The lowest BCUT2D eigenvalue weighted by atomic mass is 9.62. The number of likely N-dealkylation sites (tertiary alicyclic amines) is 1. The van der Waals surface area contributed by atoms with Gasteiger partial charge < -0.3 is 24.7 Å². The molecule has 1 spiro atoms. The molecule has 0 radical (unpaired) electrons. The smallest absolute Gasteiger partial charge is 0.310 e. The third-order valence-electron chi connectivity index (χ3n) is 8.41. The Morgan fingerprint density at radius 1 is 1.36 bits per heavy atom. The van der Waals surface area contributed by atoms with E-state index in [4.69, 9.17) is 4.74 Å². The van der Waals surface area contributed by atoms with Crippen molar-refractivity contribution in [1.82, 2.24) is 9.80 Å². The van der Waals surface area contributed by atoms with Crippen molar-refractivity contribution >= 4 is 17.8 Å². The number of aliphatic carboxylic acids is 1. The predicted octanol–water partition coefficient (Wildman–Crippen LogP) is 2.30. The molecule has 0 aromatic carbocycles. The standard InChI is InChI=1S/C25H40N2O6/c1-8-10-16(6)26(11-9-2)22(30)20-25-12-15(5)24(7,33-25)19(23(31)32)18(25)21(29)27(20)17(13-28)14(3)4/h9,14-20,28H,2,8,10-13H2,1,3-7H3,(H,31,32)/t15?,16?,17-,18-,19+,20?,24-,25?/m0/s1. The minimum atomic E-state index is -1.22. The number of carbonyl (C=O) groups is 3. The molecule has 33 heavy (non-hydrogen) atoms.